The largest absolute Gasteiger partial charge is 0.480 e. The van der Waals surface area contributed by atoms with Crippen LogP contribution in [0.15, 0.2) is 0 Å². The molecular formula is C6H13NO3. The lowest BCUT2D eigenvalue weighted by molar-refractivity contribution is -0.145. The molecule has 0 aromatic carbocycles. The minimum Gasteiger partial charge on any atom is -0.480 e. The maximum Gasteiger partial charge on any atom is 0.326 e. The van der Waals surface area contributed by atoms with Crippen molar-refractivity contribution in [2.45, 2.75) is 19.4 Å². The Kier molecular flexibility index (Phi) is 3.32. The van der Waals surface area contributed by atoms with Gasteiger partial charge >= 0.3 is 5.97 Å². The smallest absolute Gasteiger partial charge is 0.326 e. The Morgan fingerprint density at radius 2 is 2.20 bits per heavy atom. The summed E-state index contributed by atoms with van der Waals surface area (Å²) < 4.78 is 0. The van der Waals surface area contributed by atoms with E-state index in [2.05, 4.69) is 5.32 Å². The number of hydrogen-bond donors (Lipinski definition) is 3. The van der Waals surface area contributed by atoms with Crippen LogP contribution in [0.3, 0.4) is 0 Å². The summed E-state index contributed by atoms with van der Waals surface area (Å²) in [6, 6.07) is 0. The van der Waals surface area contributed by atoms with E-state index in [0.29, 0.717) is 6.54 Å². The fourth-order valence-electron chi connectivity index (χ4n) is 0.589. The molecule has 60 valence electrons. The third kappa shape index (κ3) is 1.97. The van der Waals surface area contributed by atoms with Crippen molar-refractivity contribution in [2.75, 3.05) is 13.2 Å². The number of hydrogen-bond acceptors (Lipinski definition) is 3. The Morgan fingerprint density at radius 1 is 1.70 bits per heavy atom. The van der Waals surface area contributed by atoms with Crippen LogP contribution in [-0.4, -0.2) is 34.9 Å². The molecule has 0 aromatic heterocycles. The summed E-state index contributed by atoms with van der Waals surface area (Å²) in [5, 5.41) is 19.8. The van der Waals surface area contributed by atoms with Crippen molar-refractivity contribution in [3.8, 4) is 0 Å². The standard InChI is InChI=1S/C6H13NO3/c1-3-7-6(2,4-8)5(9)10/h7-8H,3-4H2,1-2H3,(H,9,10). The minimum absolute atomic E-state index is 0.393. The molecule has 0 heterocycles. The third-order valence-corrected chi connectivity index (χ3v) is 1.36. The van der Waals surface area contributed by atoms with Gasteiger partial charge in [0.25, 0.3) is 0 Å². The molecule has 0 aromatic rings. The fourth-order valence-corrected chi connectivity index (χ4v) is 0.589. The maximum absolute atomic E-state index is 10.4. The van der Waals surface area contributed by atoms with Crippen LogP contribution >= 0.6 is 0 Å². The monoisotopic (exact) mass is 147 g/mol. The first kappa shape index (κ1) is 9.39. The lowest BCUT2D eigenvalue weighted by Crippen LogP contribution is -2.52. The summed E-state index contributed by atoms with van der Waals surface area (Å²) in [6.45, 7) is 3.37. The zero-order valence-corrected chi connectivity index (χ0v) is 6.22. The molecule has 0 amide bonds. The van der Waals surface area contributed by atoms with Crippen molar-refractivity contribution in [1.29, 1.82) is 0 Å². The number of rotatable bonds is 4. The molecule has 0 bridgehead atoms. The van der Waals surface area contributed by atoms with Crippen molar-refractivity contribution in [3.63, 3.8) is 0 Å². The first-order chi connectivity index (χ1) is 4.56. The van der Waals surface area contributed by atoms with E-state index in [4.69, 9.17) is 10.2 Å². The molecule has 0 aliphatic carbocycles. The zero-order chi connectivity index (χ0) is 8.20. The normalized spacial score (nSPS) is 16.3. The lowest BCUT2D eigenvalue weighted by atomic mass is 10.1. The summed E-state index contributed by atoms with van der Waals surface area (Å²) in [5.74, 6) is -1.03. The number of aliphatic carboxylic acids is 1. The molecule has 0 aliphatic rings. The van der Waals surface area contributed by atoms with E-state index in [0.717, 1.165) is 0 Å². The molecule has 0 aliphatic heterocycles. The molecule has 0 fully saturated rings. The van der Waals surface area contributed by atoms with Gasteiger partial charge in [-0.05, 0) is 13.5 Å². The first-order valence-corrected chi connectivity index (χ1v) is 3.16. The van der Waals surface area contributed by atoms with Crippen LogP contribution in [0.5, 0.6) is 0 Å². The Labute approximate surface area is 59.9 Å². The molecule has 0 saturated carbocycles. The zero-order valence-electron chi connectivity index (χ0n) is 6.22. The van der Waals surface area contributed by atoms with Crippen molar-refractivity contribution in [1.82, 2.24) is 5.32 Å². The Hall–Kier alpha value is -0.610. The molecule has 4 heteroatoms. The Morgan fingerprint density at radius 3 is 2.30 bits per heavy atom. The summed E-state index contributed by atoms with van der Waals surface area (Å²) >= 11 is 0. The predicted molar refractivity (Wildman–Crippen MR) is 36.8 cm³/mol. The highest BCUT2D eigenvalue weighted by atomic mass is 16.4. The number of aliphatic hydroxyl groups is 1. The summed E-state index contributed by atoms with van der Waals surface area (Å²) in [6.07, 6.45) is 0. The molecule has 1 unspecified atom stereocenters. The minimum atomic E-state index is -1.19. The van der Waals surface area contributed by atoms with Crippen LogP contribution in [0, 0.1) is 0 Å². The van der Waals surface area contributed by atoms with Crippen LogP contribution in [0.1, 0.15) is 13.8 Å². The molecule has 0 rings (SSSR count). The number of carboxylic acid groups (broad SMARTS) is 1. The highest BCUT2D eigenvalue weighted by Crippen LogP contribution is 2.00. The number of aliphatic hydroxyl groups excluding tert-OH is 1. The third-order valence-electron chi connectivity index (χ3n) is 1.36. The van der Waals surface area contributed by atoms with Gasteiger partial charge in [0.05, 0.1) is 6.61 Å². The van der Waals surface area contributed by atoms with E-state index in [-0.39, 0.29) is 0 Å². The average molecular weight is 147 g/mol. The summed E-state index contributed by atoms with van der Waals surface area (Å²) in [4.78, 5) is 10.4. The number of carboxylic acids is 1. The highest BCUT2D eigenvalue weighted by molar-refractivity contribution is 5.78. The van der Waals surface area contributed by atoms with Gasteiger partial charge in [0, 0.05) is 0 Å². The van der Waals surface area contributed by atoms with Crippen LogP contribution in [-0.2, 0) is 4.79 Å². The van der Waals surface area contributed by atoms with Gasteiger partial charge in [0.15, 0.2) is 0 Å². The second-order valence-corrected chi connectivity index (χ2v) is 2.33. The second-order valence-electron chi connectivity index (χ2n) is 2.33. The van der Waals surface area contributed by atoms with E-state index in [1.54, 1.807) is 6.92 Å². The van der Waals surface area contributed by atoms with Gasteiger partial charge in [-0.3, -0.25) is 4.79 Å². The quantitative estimate of drug-likeness (QED) is 0.498. The summed E-state index contributed by atoms with van der Waals surface area (Å²) in [7, 11) is 0. The Balaban J connectivity index is 4.08. The van der Waals surface area contributed by atoms with Crippen LogP contribution in [0.4, 0.5) is 0 Å². The Bertz CT molecular complexity index is 126. The molecule has 4 nitrogen and oxygen atoms in total. The van der Waals surface area contributed by atoms with Gasteiger partial charge in [0.1, 0.15) is 5.54 Å². The van der Waals surface area contributed by atoms with E-state index in [1.807, 2.05) is 0 Å². The topological polar surface area (TPSA) is 69.6 Å². The second kappa shape index (κ2) is 3.53. The lowest BCUT2D eigenvalue weighted by Gasteiger charge is -2.22. The van der Waals surface area contributed by atoms with Gasteiger partial charge in [0.2, 0.25) is 0 Å². The van der Waals surface area contributed by atoms with Gasteiger partial charge in [-0.15, -0.1) is 0 Å². The van der Waals surface area contributed by atoms with Gasteiger partial charge < -0.3 is 15.5 Å². The van der Waals surface area contributed by atoms with Gasteiger partial charge in [-0.1, -0.05) is 6.92 Å². The van der Waals surface area contributed by atoms with Crippen molar-refractivity contribution < 1.29 is 15.0 Å². The molecule has 3 N–H and O–H groups in total. The molecule has 0 radical (unpaired) electrons. The van der Waals surface area contributed by atoms with E-state index < -0.39 is 18.1 Å². The number of likely N-dealkylation sites (N-methyl/N-ethyl adjacent to an activating group) is 1. The van der Waals surface area contributed by atoms with Crippen LogP contribution in [0.2, 0.25) is 0 Å². The number of nitrogens with one attached hydrogen (secondary N) is 1. The predicted octanol–water partition coefficient (Wildman–Crippen LogP) is -0.569. The van der Waals surface area contributed by atoms with Gasteiger partial charge in [-0.25, -0.2) is 0 Å². The molecule has 0 saturated heterocycles. The fraction of sp³-hybridized carbons (Fsp3) is 0.833. The molecule has 0 spiro atoms. The van der Waals surface area contributed by atoms with E-state index >= 15 is 0 Å². The summed E-state index contributed by atoms with van der Waals surface area (Å²) in [5.41, 5.74) is -1.19. The molecule has 1 atom stereocenters. The van der Waals surface area contributed by atoms with Gasteiger partial charge in [-0.2, -0.15) is 0 Å². The van der Waals surface area contributed by atoms with Crippen molar-refractivity contribution in [3.05, 3.63) is 0 Å². The van der Waals surface area contributed by atoms with Crippen molar-refractivity contribution >= 4 is 5.97 Å². The SMILES string of the molecule is CCNC(C)(CO)C(=O)O. The van der Waals surface area contributed by atoms with Crippen LogP contribution < -0.4 is 5.32 Å². The molecule has 10 heavy (non-hydrogen) atoms. The number of carbonyl (C=O) groups is 1. The van der Waals surface area contributed by atoms with E-state index in [9.17, 15) is 4.79 Å². The van der Waals surface area contributed by atoms with E-state index in [1.165, 1.54) is 6.92 Å². The maximum atomic E-state index is 10.4. The first-order valence-electron chi connectivity index (χ1n) is 3.16. The highest BCUT2D eigenvalue weighted by Gasteiger charge is 2.30. The van der Waals surface area contributed by atoms with Crippen LogP contribution in [0.25, 0.3) is 0 Å². The van der Waals surface area contributed by atoms with Crippen molar-refractivity contribution in [2.24, 2.45) is 0 Å². The average Bonchev–Trinajstić information content (AvgIpc) is 1.88. The molecular weight excluding hydrogens is 134 g/mol.